The molecule has 1 unspecified atom stereocenters. The van der Waals surface area contributed by atoms with Gasteiger partial charge >= 0.3 is 5.97 Å². The molecule has 0 bridgehead atoms. The molecule has 2 aromatic rings. The first kappa shape index (κ1) is 25.1. The fraction of sp³-hybridized carbons (Fsp3) is 0.536. The number of esters is 1. The third kappa shape index (κ3) is 6.38. The van der Waals surface area contributed by atoms with Crippen molar-refractivity contribution < 1.29 is 23.5 Å². The van der Waals surface area contributed by atoms with Gasteiger partial charge in [-0.3, -0.25) is 9.59 Å². The zero-order valence-electron chi connectivity index (χ0n) is 20.6. The van der Waals surface area contributed by atoms with Crippen LogP contribution in [-0.2, 0) is 27.2 Å². The number of benzene rings is 1. The van der Waals surface area contributed by atoms with Gasteiger partial charge in [-0.1, -0.05) is 12.1 Å². The maximum atomic E-state index is 14.3. The molecule has 1 aromatic carbocycles. The Morgan fingerprint density at radius 1 is 1.23 bits per heavy atom. The van der Waals surface area contributed by atoms with Crippen molar-refractivity contribution >= 4 is 17.6 Å². The van der Waals surface area contributed by atoms with E-state index in [0.717, 1.165) is 50.2 Å². The highest BCUT2D eigenvalue weighted by molar-refractivity contribution is 5.82. The summed E-state index contributed by atoms with van der Waals surface area (Å²) in [6.45, 7) is 3.02. The number of aromatic nitrogens is 1. The summed E-state index contributed by atoms with van der Waals surface area (Å²) < 4.78 is 24.4. The van der Waals surface area contributed by atoms with Crippen molar-refractivity contribution in [3.63, 3.8) is 0 Å². The van der Waals surface area contributed by atoms with Gasteiger partial charge in [0.25, 0.3) is 0 Å². The molecule has 4 rings (SSSR count). The molecule has 1 atom stereocenters. The average molecular weight is 483 g/mol. The lowest BCUT2D eigenvalue weighted by molar-refractivity contribution is -0.143. The van der Waals surface area contributed by atoms with Gasteiger partial charge in [0, 0.05) is 24.6 Å². The van der Waals surface area contributed by atoms with Crippen LogP contribution in [0.1, 0.15) is 68.2 Å². The van der Waals surface area contributed by atoms with Crippen LogP contribution in [0.15, 0.2) is 30.3 Å². The number of ketones is 1. The highest BCUT2D eigenvalue weighted by atomic mass is 19.1. The second-order valence-electron chi connectivity index (χ2n) is 9.68. The van der Waals surface area contributed by atoms with E-state index in [1.54, 1.807) is 19.1 Å². The molecular formula is C28H35FN2O4. The first-order valence-electron chi connectivity index (χ1n) is 12.7. The summed E-state index contributed by atoms with van der Waals surface area (Å²) >= 11 is 0. The number of nitrogens with zero attached hydrogens (tertiary/aromatic N) is 1. The summed E-state index contributed by atoms with van der Waals surface area (Å²) in [6.07, 6.45) is 5.87. The van der Waals surface area contributed by atoms with Crippen LogP contribution >= 0.6 is 0 Å². The molecular weight excluding hydrogens is 447 g/mol. The number of carbonyl (C=O) groups excluding carboxylic acids is 2. The Morgan fingerprint density at radius 2 is 2.06 bits per heavy atom. The first-order valence-corrected chi connectivity index (χ1v) is 12.7. The summed E-state index contributed by atoms with van der Waals surface area (Å²) in [5.74, 6) is 0.851. The van der Waals surface area contributed by atoms with E-state index in [4.69, 9.17) is 14.5 Å². The number of rotatable bonds is 11. The molecule has 2 heterocycles. The van der Waals surface area contributed by atoms with Crippen molar-refractivity contribution in [2.45, 2.75) is 64.2 Å². The second-order valence-corrected chi connectivity index (χ2v) is 9.68. The second kappa shape index (κ2) is 11.6. The Balaban J connectivity index is 1.30. The molecule has 0 spiro atoms. The molecule has 1 saturated carbocycles. The lowest BCUT2D eigenvalue weighted by Crippen LogP contribution is -2.32. The van der Waals surface area contributed by atoms with Gasteiger partial charge in [-0.05, 0) is 86.6 Å². The fourth-order valence-corrected chi connectivity index (χ4v) is 5.21. The predicted molar refractivity (Wildman–Crippen MR) is 132 cm³/mol. The topological polar surface area (TPSA) is 77.5 Å². The van der Waals surface area contributed by atoms with Gasteiger partial charge in [0.2, 0.25) is 0 Å². The average Bonchev–Trinajstić information content (AvgIpc) is 2.83. The van der Waals surface area contributed by atoms with Gasteiger partial charge in [-0.2, -0.15) is 0 Å². The van der Waals surface area contributed by atoms with E-state index < -0.39 is 5.82 Å². The van der Waals surface area contributed by atoms with E-state index in [-0.39, 0.29) is 35.8 Å². The fourth-order valence-electron chi connectivity index (χ4n) is 5.21. The minimum Gasteiger partial charge on any atom is -0.494 e. The molecule has 6 nitrogen and oxygen atoms in total. The van der Waals surface area contributed by atoms with Crippen LogP contribution in [0.2, 0.25) is 0 Å². The third-order valence-electron chi connectivity index (χ3n) is 7.25. The van der Waals surface area contributed by atoms with E-state index >= 15 is 0 Å². The summed E-state index contributed by atoms with van der Waals surface area (Å²) in [5, 5.41) is 3.38. The number of pyridine rings is 1. The number of hydrogen-bond acceptors (Lipinski definition) is 6. The van der Waals surface area contributed by atoms with Crippen molar-refractivity contribution in [3.8, 4) is 5.75 Å². The number of nitrogens with one attached hydrogen (secondary N) is 1. The molecule has 1 aromatic heterocycles. The molecule has 1 fully saturated rings. The van der Waals surface area contributed by atoms with Crippen LogP contribution in [0.4, 0.5) is 10.2 Å². The van der Waals surface area contributed by atoms with Crippen molar-refractivity contribution in [2.75, 3.05) is 25.6 Å². The lowest BCUT2D eigenvalue weighted by atomic mass is 9.69. The third-order valence-corrected chi connectivity index (χ3v) is 7.25. The van der Waals surface area contributed by atoms with Crippen LogP contribution in [0.3, 0.4) is 0 Å². The van der Waals surface area contributed by atoms with Gasteiger partial charge in [-0.25, -0.2) is 9.37 Å². The van der Waals surface area contributed by atoms with Gasteiger partial charge in [-0.15, -0.1) is 0 Å². The number of methoxy groups -OCH3 is 1. The summed E-state index contributed by atoms with van der Waals surface area (Å²) in [6, 6.07) is 9.01. The highest BCUT2D eigenvalue weighted by Gasteiger charge is 2.34. The van der Waals surface area contributed by atoms with Crippen LogP contribution in [-0.4, -0.2) is 37.0 Å². The molecule has 0 amide bonds. The minimum absolute atomic E-state index is 0.0617. The molecule has 0 radical (unpaired) electrons. The molecule has 35 heavy (non-hydrogen) atoms. The summed E-state index contributed by atoms with van der Waals surface area (Å²) in [4.78, 5) is 29.8. The summed E-state index contributed by atoms with van der Waals surface area (Å²) in [7, 11) is 1.41. The Kier molecular flexibility index (Phi) is 8.37. The zero-order chi connectivity index (χ0) is 24.8. The highest BCUT2D eigenvalue weighted by Crippen LogP contribution is 2.39. The monoisotopic (exact) mass is 482 g/mol. The first-order chi connectivity index (χ1) is 17.0. The Labute approximate surface area is 206 Å². The molecule has 0 saturated heterocycles. The number of fused-ring (bicyclic) bond motifs is 1. The van der Waals surface area contributed by atoms with Crippen LogP contribution < -0.4 is 10.1 Å². The number of anilines is 1. The van der Waals surface area contributed by atoms with E-state index in [0.29, 0.717) is 30.9 Å². The maximum Gasteiger partial charge on any atom is 0.306 e. The van der Waals surface area contributed by atoms with Crippen LogP contribution in [0, 0.1) is 17.7 Å². The maximum absolute atomic E-state index is 14.3. The standard InChI is InChI=1S/C28H35FN2O4/c1-3-35-27(33)17-21(20-8-11-26(34-2)24(29)16-20)7-10-25(32)22-13-18(14-22)15-23-9-6-19-5-4-12-30-28(19)31-23/h6,8-9,11,16,18,21-22H,3-5,7,10,12-15,17H2,1-2H3,(H,30,31). The Bertz CT molecular complexity index is 1050. The van der Waals surface area contributed by atoms with E-state index in [1.165, 1.54) is 18.7 Å². The molecule has 1 N–H and O–H groups in total. The van der Waals surface area contributed by atoms with Crippen molar-refractivity contribution in [1.29, 1.82) is 0 Å². The molecule has 1 aliphatic carbocycles. The summed E-state index contributed by atoms with van der Waals surface area (Å²) in [5.41, 5.74) is 3.06. The number of aryl methyl sites for hydroxylation is 1. The molecule has 1 aliphatic heterocycles. The number of carbonyl (C=O) groups is 2. The predicted octanol–water partition coefficient (Wildman–Crippen LogP) is 5.24. The molecule has 2 aliphatic rings. The largest absolute Gasteiger partial charge is 0.494 e. The smallest absolute Gasteiger partial charge is 0.306 e. The van der Waals surface area contributed by atoms with Crippen molar-refractivity contribution in [1.82, 2.24) is 4.98 Å². The van der Waals surface area contributed by atoms with Gasteiger partial charge in [0.1, 0.15) is 11.6 Å². The van der Waals surface area contributed by atoms with Crippen molar-refractivity contribution in [2.24, 2.45) is 11.8 Å². The van der Waals surface area contributed by atoms with Gasteiger partial charge < -0.3 is 14.8 Å². The van der Waals surface area contributed by atoms with Crippen molar-refractivity contribution in [3.05, 3.63) is 53.0 Å². The number of halogens is 1. The van der Waals surface area contributed by atoms with E-state index in [1.807, 2.05) is 0 Å². The van der Waals surface area contributed by atoms with E-state index in [2.05, 4.69) is 17.4 Å². The molecule has 7 heteroatoms. The van der Waals surface area contributed by atoms with Crippen LogP contribution in [0.5, 0.6) is 5.75 Å². The number of Topliss-reactive ketones (excluding diaryl/α,β-unsaturated/α-hetero) is 1. The quantitative estimate of drug-likeness (QED) is 0.441. The van der Waals surface area contributed by atoms with Gasteiger partial charge in [0.15, 0.2) is 11.6 Å². The van der Waals surface area contributed by atoms with Gasteiger partial charge in [0.05, 0.1) is 20.1 Å². The van der Waals surface area contributed by atoms with E-state index in [9.17, 15) is 14.0 Å². The minimum atomic E-state index is -0.474. The normalized spacial score (nSPS) is 19.6. The number of hydrogen-bond donors (Lipinski definition) is 1. The Hall–Kier alpha value is -2.96. The molecule has 188 valence electrons. The SMILES string of the molecule is CCOC(=O)CC(CCC(=O)C1CC(Cc2ccc3c(n2)NCCC3)C1)c1ccc(OC)c(F)c1. The lowest BCUT2D eigenvalue weighted by Gasteiger charge is -2.34. The van der Waals surface area contributed by atoms with Crippen LogP contribution in [0.25, 0.3) is 0 Å². The zero-order valence-corrected chi connectivity index (χ0v) is 20.6. The Morgan fingerprint density at radius 3 is 2.80 bits per heavy atom. The number of ether oxygens (including phenoxy) is 2.